The first-order valence-corrected chi connectivity index (χ1v) is 7.95. The first-order valence-electron chi connectivity index (χ1n) is 7.16. The van der Waals surface area contributed by atoms with E-state index in [9.17, 15) is 4.79 Å². The predicted octanol–water partition coefficient (Wildman–Crippen LogP) is 4.75. The average molecular weight is 368 g/mol. The number of hydrogen-bond acceptors (Lipinski definition) is 3. The molecule has 0 saturated carbocycles. The Hall–Kier alpha value is -2.46. The first kappa shape index (κ1) is 15.4. The Kier molecular flexibility index (Phi) is 4.83. The minimum Gasteiger partial charge on any atom is -0.456 e. The maximum Gasteiger partial charge on any atom is 0.331 e. The Morgan fingerprint density at radius 1 is 1.04 bits per heavy atom. The summed E-state index contributed by atoms with van der Waals surface area (Å²) < 4.78 is 6.22. The van der Waals surface area contributed by atoms with Gasteiger partial charge in [0.1, 0.15) is 6.61 Å². The molecule has 2 aromatic carbocycles. The summed E-state index contributed by atoms with van der Waals surface area (Å²) in [5, 5.41) is 1.07. The second-order valence-corrected chi connectivity index (χ2v) is 5.90. The van der Waals surface area contributed by atoms with Gasteiger partial charge < -0.3 is 4.74 Å². The van der Waals surface area contributed by atoms with Crippen molar-refractivity contribution in [2.24, 2.45) is 0 Å². The molecule has 0 bridgehead atoms. The number of benzene rings is 2. The molecule has 0 saturated heterocycles. The van der Waals surface area contributed by atoms with Crippen LogP contribution in [0.25, 0.3) is 17.0 Å². The summed E-state index contributed by atoms with van der Waals surface area (Å²) in [7, 11) is 0. The van der Waals surface area contributed by atoms with Crippen LogP contribution in [0.3, 0.4) is 0 Å². The summed E-state index contributed by atoms with van der Waals surface area (Å²) in [5.74, 6) is -0.386. The maximum atomic E-state index is 11.8. The fourth-order valence-corrected chi connectivity index (χ4v) is 2.38. The Bertz CT molecular complexity index is 857. The maximum absolute atomic E-state index is 11.8. The van der Waals surface area contributed by atoms with Gasteiger partial charge in [-0.2, -0.15) is 0 Å². The van der Waals surface area contributed by atoms with Crippen LogP contribution in [0.1, 0.15) is 11.3 Å². The summed E-state index contributed by atoms with van der Waals surface area (Å²) in [6, 6.07) is 19.4. The zero-order chi connectivity index (χ0) is 16.1. The fraction of sp³-hybridized carbons (Fsp3) is 0.0526. The summed E-state index contributed by atoms with van der Waals surface area (Å²) in [5.41, 5.74) is 2.56. The van der Waals surface area contributed by atoms with E-state index < -0.39 is 0 Å². The summed E-state index contributed by atoms with van der Waals surface area (Å²) in [6.45, 7) is 0.161. The Balaban J connectivity index is 1.60. The molecule has 4 heteroatoms. The molecule has 3 nitrogen and oxygen atoms in total. The quantitative estimate of drug-likeness (QED) is 0.493. The van der Waals surface area contributed by atoms with Crippen molar-refractivity contribution in [1.29, 1.82) is 0 Å². The molecule has 0 atom stereocenters. The highest BCUT2D eigenvalue weighted by molar-refractivity contribution is 9.10. The zero-order valence-corrected chi connectivity index (χ0v) is 13.9. The molecule has 0 unspecified atom stereocenters. The number of esters is 1. The van der Waals surface area contributed by atoms with Crippen molar-refractivity contribution in [2.45, 2.75) is 6.61 Å². The number of nitrogens with zero attached hydrogens (tertiary/aromatic N) is 1. The molecule has 23 heavy (non-hydrogen) atoms. The first-order chi connectivity index (χ1) is 11.2. The number of carbonyl (C=O) groups is 1. The van der Waals surface area contributed by atoms with Crippen LogP contribution in [0.5, 0.6) is 0 Å². The SMILES string of the molecule is O=C(/C=C/c1ccc(Br)cc1)OCc1ccc2ccccc2n1. The van der Waals surface area contributed by atoms with E-state index in [2.05, 4.69) is 20.9 Å². The third-order valence-electron chi connectivity index (χ3n) is 3.30. The molecule has 3 rings (SSSR count). The lowest BCUT2D eigenvalue weighted by molar-refractivity contribution is -0.139. The zero-order valence-electron chi connectivity index (χ0n) is 12.3. The van der Waals surface area contributed by atoms with Gasteiger partial charge in [-0.05, 0) is 35.9 Å². The Morgan fingerprint density at radius 3 is 2.65 bits per heavy atom. The van der Waals surface area contributed by atoms with Crippen molar-refractivity contribution < 1.29 is 9.53 Å². The van der Waals surface area contributed by atoms with Gasteiger partial charge >= 0.3 is 5.97 Å². The number of fused-ring (bicyclic) bond motifs is 1. The van der Waals surface area contributed by atoms with E-state index in [4.69, 9.17) is 4.74 Å². The average Bonchev–Trinajstić information content (AvgIpc) is 2.59. The van der Waals surface area contributed by atoms with Gasteiger partial charge in [-0.15, -0.1) is 0 Å². The molecule has 1 aromatic heterocycles. The monoisotopic (exact) mass is 367 g/mol. The van der Waals surface area contributed by atoms with Crippen LogP contribution in [-0.4, -0.2) is 11.0 Å². The van der Waals surface area contributed by atoms with Crippen LogP contribution < -0.4 is 0 Å². The van der Waals surface area contributed by atoms with E-state index in [1.807, 2.05) is 60.7 Å². The Morgan fingerprint density at radius 2 is 1.83 bits per heavy atom. The molecule has 0 radical (unpaired) electrons. The topological polar surface area (TPSA) is 39.2 Å². The number of ether oxygens (including phenoxy) is 1. The standard InChI is InChI=1S/C19H14BrNO2/c20-16-9-5-14(6-10-16)7-12-19(22)23-13-17-11-8-15-3-1-2-4-18(15)21-17/h1-12H,13H2/b12-7+. The molecular formula is C19H14BrNO2. The van der Waals surface area contributed by atoms with Gasteiger partial charge in [0.2, 0.25) is 0 Å². The van der Waals surface area contributed by atoms with Crippen molar-refractivity contribution in [2.75, 3.05) is 0 Å². The van der Waals surface area contributed by atoms with Crippen molar-refractivity contribution in [1.82, 2.24) is 4.98 Å². The molecule has 0 fully saturated rings. The van der Waals surface area contributed by atoms with Gasteiger partial charge in [-0.3, -0.25) is 0 Å². The highest BCUT2D eigenvalue weighted by atomic mass is 79.9. The minimum atomic E-state index is -0.386. The number of rotatable bonds is 4. The molecule has 114 valence electrons. The van der Waals surface area contributed by atoms with E-state index in [0.29, 0.717) is 0 Å². The molecule has 0 aliphatic carbocycles. The number of aromatic nitrogens is 1. The summed E-state index contributed by atoms with van der Waals surface area (Å²) >= 11 is 3.37. The van der Waals surface area contributed by atoms with Crippen molar-refractivity contribution >= 4 is 38.9 Å². The molecular weight excluding hydrogens is 354 g/mol. The second-order valence-electron chi connectivity index (χ2n) is 4.99. The van der Waals surface area contributed by atoms with Gasteiger partial charge in [0.05, 0.1) is 11.2 Å². The number of pyridine rings is 1. The normalized spacial score (nSPS) is 11.0. The van der Waals surface area contributed by atoms with Crippen LogP contribution >= 0.6 is 15.9 Å². The van der Waals surface area contributed by atoms with E-state index in [1.165, 1.54) is 6.08 Å². The molecule has 0 amide bonds. The van der Waals surface area contributed by atoms with E-state index in [0.717, 1.165) is 26.6 Å². The summed E-state index contributed by atoms with van der Waals surface area (Å²) in [6.07, 6.45) is 3.15. The van der Waals surface area contributed by atoms with Crippen LogP contribution in [0.15, 0.2) is 71.2 Å². The third-order valence-corrected chi connectivity index (χ3v) is 3.83. The lowest BCUT2D eigenvalue weighted by Crippen LogP contribution is -2.02. The number of hydrogen-bond donors (Lipinski definition) is 0. The molecule has 0 aliphatic heterocycles. The van der Waals surface area contributed by atoms with Crippen LogP contribution in [0.4, 0.5) is 0 Å². The number of carbonyl (C=O) groups excluding carboxylic acids is 1. The molecule has 0 N–H and O–H groups in total. The van der Waals surface area contributed by atoms with Crippen LogP contribution in [-0.2, 0) is 16.1 Å². The molecule has 0 spiro atoms. The van der Waals surface area contributed by atoms with Gasteiger partial charge in [0, 0.05) is 15.9 Å². The van der Waals surface area contributed by atoms with E-state index >= 15 is 0 Å². The fourth-order valence-electron chi connectivity index (χ4n) is 2.12. The van der Waals surface area contributed by atoms with Gasteiger partial charge in [-0.25, -0.2) is 9.78 Å². The van der Waals surface area contributed by atoms with Crippen molar-refractivity contribution in [3.63, 3.8) is 0 Å². The predicted molar refractivity (Wildman–Crippen MR) is 94.7 cm³/mol. The lowest BCUT2D eigenvalue weighted by Gasteiger charge is -2.03. The lowest BCUT2D eigenvalue weighted by atomic mass is 10.2. The minimum absolute atomic E-state index is 0.161. The molecule has 1 heterocycles. The highest BCUT2D eigenvalue weighted by Crippen LogP contribution is 2.13. The van der Waals surface area contributed by atoms with E-state index in [-0.39, 0.29) is 12.6 Å². The van der Waals surface area contributed by atoms with Crippen molar-refractivity contribution in [3.8, 4) is 0 Å². The largest absolute Gasteiger partial charge is 0.456 e. The Labute approximate surface area is 142 Å². The van der Waals surface area contributed by atoms with Crippen molar-refractivity contribution in [3.05, 3.63) is 82.5 Å². The third kappa shape index (κ3) is 4.27. The second kappa shape index (κ2) is 7.20. The number of halogens is 1. The smallest absolute Gasteiger partial charge is 0.331 e. The van der Waals surface area contributed by atoms with Gasteiger partial charge in [0.15, 0.2) is 0 Å². The van der Waals surface area contributed by atoms with Crippen LogP contribution in [0.2, 0.25) is 0 Å². The molecule has 3 aromatic rings. The van der Waals surface area contributed by atoms with E-state index in [1.54, 1.807) is 6.08 Å². The van der Waals surface area contributed by atoms with Gasteiger partial charge in [-0.1, -0.05) is 52.3 Å². The molecule has 0 aliphatic rings. The van der Waals surface area contributed by atoms with Gasteiger partial charge in [0.25, 0.3) is 0 Å². The highest BCUT2D eigenvalue weighted by Gasteiger charge is 2.02. The van der Waals surface area contributed by atoms with Crippen LogP contribution in [0, 0.1) is 0 Å². The summed E-state index contributed by atoms with van der Waals surface area (Å²) in [4.78, 5) is 16.2. The number of para-hydroxylation sites is 1.